The molecule has 3 rings (SSSR count). The van der Waals surface area contributed by atoms with E-state index in [-0.39, 0.29) is 38.5 Å². The smallest absolute Gasteiger partial charge is 0.306 e. The number of hydrogen-bond acceptors (Lipinski definition) is 10. The van der Waals surface area contributed by atoms with Crippen molar-refractivity contribution in [2.24, 2.45) is 4.99 Å². The van der Waals surface area contributed by atoms with Crippen LogP contribution in [0.3, 0.4) is 0 Å². The molecular formula is C29H39N3O8. The number of nitrogens with one attached hydrogen (secondary N) is 2. The van der Waals surface area contributed by atoms with Crippen LogP contribution in [0.2, 0.25) is 0 Å². The minimum absolute atomic E-state index is 0.0217. The summed E-state index contributed by atoms with van der Waals surface area (Å²) in [5, 5.41) is 8.93. The van der Waals surface area contributed by atoms with E-state index in [1.54, 1.807) is 65.3 Å². The highest BCUT2D eigenvalue weighted by Crippen LogP contribution is 2.31. The van der Waals surface area contributed by atoms with Crippen molar-refractivity contribution in [2.45, 2.75) is 57.7 Å². The summed E-state index contributed by atoms with van der Waals surface area (Å²) >= 11 is 0. The van der Waals surface area contributed by atoms with E-state index in [1.165, 1.54) is 0 Å². The average molecular weight is 558 g/mol. The number of aliphatic imine (C=N–C) groups is 1. The summed E-state index contributed by atoms with van der Waals surface area (Å²) in [5.74, 6) is 1.18. The fraction of sp³-hybridized carbons (Fsp3) is 0.483. The first-order chi connectivity index (χ1) is 19.1. The highest BCUT2D eigenvalue weighted by Gasteiger charge is 2.45. The average Bonchev–Trinajstić information content (AvgIpc) is 3.37. The van der Waals surface area contributed by atoms with Crippen LogP contribution in [-0.2, 0) is 25.6 Å². The van der Waals surface area contributed by atoms with Crippen LogP contribution in [0, 0.1) is 0 Å². The van der Waals surface area contributed by atoms with E-state index in [0.717, 1.165) is 5.56 Å². The fourth-order valence-electron chi connectivity index (χ4n) is 4.03. The Morgan fingerprint density at radius 3 is 2.50 bits per heavy atom. The Bertz CT molecular complexity index is 1180. The highest BCUT2D eigenvalue weighted by molar-refractivity contribution is 6.00. The van der Waals surface area contributed by atoms with Crippen LogP contribution < -0.4 is 25.1 Å². The largest absolute Gasteiger partial charge is 0.494 e. The molecule has 2 aromatic rings. The molecule has 0 spiro atoms. The molecule has 1 aliphatic rings. The maximum Gasteiger partial charge on any atom is 0.306 e. The van der Waals surface area contributed by atoms with E-state index in [4.69, 9.17) is 28.8 Å². The molecule has 1 heterocycles. The number of nitrogens with zero attached hydrogens (tertiary/aromatic N) is 1. The number of aliphatic hydroxyl groups excluding tert-OH is 1. The van der Waals surface area contributed by atoms with Gasteiger partial charge < -0.3 is 28.8 Å². The van der Waals surface area contributed by atoms with Gasteiger partial charge in [0.25, 0.3) is 5.91 Å². The first-order valence-electron chi connectivity index (χ1n) is 13.1. The van der Waals surface area contributed by atoms with Gasteiger partial charge in [-0.15, -0.1) is 0 Å². The molecule has 0 saturated heterocycles. The molecule has 0 unspecified atom stereocenters. The second-order valence-corrected chi connectivity index (χ2v) is 10.2. The van der Waals surface area contributed by atoms with Crippen molar-refractivity contribution in [1.29, 1.82) is 0 Å². The lowest BCUT2D eigenvalue weighted by Crippen LogP contribution is -2.51. The summed E-state index contributed by atoms with van der Waals surface area (Å²) in [4.78, 5) is 30.7. The molecule has 11 heteroatoms. The summed E-state index contributed by atoms with van der Waals surface area (Å²) in [6, 6.07) is 12.6. The lowest BCUT2D eigenvalue weighted by molar-refractivity contribution is -0.155. The van der Waals surface area contributed by atoms with Gasteiger partial charge in [-0.3, -0.25) is 15.0 Å². The SMILES string of the molecule is COc1cccc(CNNC(=O)[C@]2(CCC(=O)OC(C)(C)C)COC(c3ccc(OCCCO)cc3)=N2)c1OC. The van der Waals surface area contributed by atoms with Crippen molar-refractivity contribution in [3.63, 3.8) is 0 Å². The summed E-state index contributed by atoms with van der Waals surface area (Å²) in [6.07, 6.45) is 0.599. The normalized spacial score (nSPS) is 16.5. The van der Waals surface area contributed by atoms with Crippen LogP contribution in [0.25, 0.3) is 0 Å². The Kier molecular flexibility index (Phi) is 10.7. The number of ether oxygens (including phenoxy) is 5. The minimum Gasteiger partial charge on any atom is -0.494 e. The van der Waals surface area contributed by atoms with Gasteiger partial charge in [0.05, 0.1) is 20.8 Å². The number of carbonyl (C=O) groups is 2. The highest BCUT2D eigenvalue weighted by atomic mass is 16.6. The maximum absolute atomic E-state index is 13.5. The van der Waals surface area contributed by atoms with Gasteiger partial charge in [-0.05, 0) is 57.5 Å². The predicted octanol–water partition coefficient (Wildman–Crippen LogP) is 2.92. The molecule has 0 fully saturated rings. The molecule has 0 saturated carbocycles. The molecule has 218 valence electrons. The van der Waals surface area contributed by atoms with Crippen LogP contribution in [0.1, 0.15) is 51.2 Å². The topological polar surface area (TPSA) is 137 Å². The Labute approximate surface area is 234 Å². The first-order valence-corrected chi connectivity index (χ1v) is 13.1. The third-order valence-corrected chi connectivity index (χ3v) is 5.99. The second-order valence-electron chi connectivity index (χ2n) is 10.2. The van der Waals surface area contributed by atoms with Crippen molar-refractivity contribution < 1.29 is 38.4 Å². The lowest BCUT2D eigenvalue weighted by Gasteiger charge is -2.24. The third kappa shape index (κ3) is 8.33. The Morgan fingerprint density at radius 2 is 1.85 bits per heavy atom. The third-order valence-electron chi connectivity index (χ3n) is 5.99. The molecular weight excluding hydrogens is 518 g/mol. The summed E-state index contributed by atoms with van der Waals surface area (Å²) in [5.41, 5.74) is 5.09. The van der Waals surface area contributed by atoms with Crippen molar-refractivity contribution in [3.8, 4) is 17.2 Å². The zero-order valence-corrected chi connectivity index (χ0v) is 23.7. The summed E-state index contributed by atoms with van der Waals surface area (Å²) in [6.45, 7) is 6.02. The Morgan fingerprint density at radius 1 is 1.10 bits per heavy atom. The van der Waals surface area contributed by atoms with Gasteiger partial charge in [-0.25, -0.2) is 10.4 Å². The molecule has 0 bridgehead atoms. The van der Waals surface area contributed by atoms with Gasteiger partial charge in [-0.1, -0.05) is 12.1 Å². The van der Waals surface area contributed by atoms with Gasteiger partial charge in [0, 0.05) is 37.1 Å². The first kappa shape index (κ1) is 30.7. The molecule has 2 aromatic carbocycles. The van der Waals surface area contributed by atoms with Crippen LogP contribution in [-0.4, -0.2) is 68.1 Å². The van der Waals surface area contributed by atoms with Crippen LogP contribution in [0.5, 0.6) is 17.2 Å². The van der Waals surface area contributed by atoms with Crippen LogP contribution >= 0.6 is 0 Å². The molecule has 3 N–H and O–H groups in total. The fourth-order valence-corrected chi connectivity index (χ4v) is 4.03. The number of methoxy groups -OCH3 is 2. The maximum atomic E-state index is 13.5. The number of rotatable bonds is 14. The number of hydrazine groups is 1. The van der Waals surface area contributed by atoms with E-state index in [1.807, 2.05) is 12.1 Å². The molecule has 11 nitrogen and oxygen atoms in total. The standard InChI is InChI=1S/C29H39N3O8/c1-28(2,3)40-24(34)14-15-29(27(35)32-30-18-21-8-6-9-23(36-4)25(21)37-5)19-39-26(31-29)20-10-12-22(13-11-20)38-17-7-16-33/h6,8-13,30,33H,7,14-19H2,1-5H3,(H,32,35)/t29-/m0/s1. The van der Waals surface area contributed by atoms with Gasteiger partial charge >= 0.3 is 5.97 Å². The zero-order chi connectivity index (χ0) is 29.2. The predicted molar refractivity (Wildman–Crippen MR) is 148 cm³/mol. The van der Waals surface area contributed by atoms with E-state index < -0.39 is 23.0 Å². The molecule has 0 aliphatic carbocycles. The van der Waals surface area contributed by atoms with Gasteiger partial charge in [-0.2, -0.15) is 0 Å². The zero-order valence-electron chi connectivity index (χ0n) is 23.7. The summed E-state index contributed by atoms with van der Waals surface area (Å²) < 4.78 is 27.7. The number of para-hydroxylation sites is 1. The number of amides is 1. The van der Waals surface area contributed by atoms with E-state index >= 15 is 0 Å². The summed E-state index contributed by atoms with van der Waals surface area (Å²) in [7, 11) is 3.10. The molecule has 1 aliphatic heterocycles. The van der Waals surface area contributed by atoms with Crippen molar-refractivity contribution in [3.05, 3.63) is 53.6 Å². The van der Waals surface area contributed by atoms with E-state index in [2.05, 4.69) is 15.8 Å². The number of aliphatic hydroxyl groups is 1. The number of esters is 1. The molecule has 1 atom stereocenters. The van der Waals surface area contributed by atoms with Gasteiger partial charge in [0.15, 0.2) is 17.0 Å². The van der Waals surface area contributed by atoms with Crippen molar-refractivity contribution in [1.82, 2.24) is 10.9 Å². The van der Waals surface area contributed by atoms with Crippen molar-refractivity contribution in [2.75, 3.05) is 34.0 Å². The number of benzene rings is 2. The van der Waals surface area contributed by atoms with E-state index in [0.29, 0.717) is 35.8 Å². The van der Waals surface area contributed by atoms with E-state index in [9.17, 15) is 9.59 Å². The second kappa shape index (κ2) is 14.0. The van der Waals surface area contributed by atoms with Crippen LogP contribution in [0.15, 0.2) is 47.5 Å². The van der Waals surface area contributed by atoms with Gasteiger partial charge in [0.2, 0.25) is 5.90 Å². The number of carbonyl (C=O) groups excluding carboxylic acids is 2. The number of hydrogen-bond donors (Lipinski definition) is 3. The van der Waals surface area contributed by atoms with Crippen LogP contribution in [0.4, 0.5) is 0 Å². The molecule has 0 radical (unpaired) electrons. The van der Waals surface area contributed by atoms with Gasteiger partial charge in [0.1, 0.15) is 18.0 Å². The quantitative estimate of drug-likeness (QED) is 0.182. The molecule has 40 heavy (non-hydrogen) atoms. The molecule has 1 amide bonds. The lowest BCUT2D eigenvalue weighted by atomic mass is 9.94. The van der Waals surface area contributed by atoms with Crippen molar-refractivity contribution >= 4 is 17.8 Å². The monoisotopic (exact) mass is 557 g/mol. The minimum atomic E-state index is -1.35. The molecule has 0 aromatic heterocycles. The Balaban J connectivity index is 1.75. The Hall–Kier alpha value is -3.83.